The Bertz CT molecular complexity index is 667. The Morgan fingerprint density at radius 1 is 1.52 bits per heavy atom. The van der Waals surface area contributed by atoms with E-state index in [1.807, 2.05) is 12.1 Å². The first-order chi connectivity index (χ1) is 10.1. The molecule has 1 fully saturated rings. The molecule has 3 N–H and O–H groups in total. The van der Waals surface area contributed by atoms with Crippen LogP contribution in [0, 0.1) is 11.8 Å². The Kier molecular flexibility index (Phi) is 3.85. The van der Waals surface area contributed by atoms with E-state index in [1.54, 1.807) is 6.20 Å². The summed E-state index contributed by atoms with van der Waals surface area (Å²) in [6, 6.07) is 4.08. The van der Waals surface area contributed by atoms with Gasteiger partial charge in [0, 0.05) is 12.2 Å². The fourth-order valence-electron chi connectivity index (χ4n) is 3.38. The Hall–Kier alpha value is -1.62. The van der Waals surface area contributed by atoms with Gasteiger partial charge in [-0.25, -0.2) is 0 Å². The standard InChI is InChI=1S/C16H21N3OS/c1-3-10-6-7-11(9(10)2)19-16(20)15-13(17)14-12(21-15)5-4-8-18-14/h4-5,8-11H,3,6-7,17H2,1-2H3,(H,19,20). The number of nitrogen functional groups attached to an aromatic ring is 1. The van der Waals surface area contributed by atoms with Crippen LogP contribution in [-0.4, -0.2) is 16.9 Å². The number of carbonyl (C=O) groups is 1. The number of hydrogen-bond acceptors (Lipinski definition) is 4. The molecule has 3 unspecified atom stereocenters. The maximum Gasteiger partial charge on any atom is 0.263 e. The number of anilines is 1. The van der Waals surface area contributed by atoms with Crippen LogP contribution in [0.2, 0.25) is 0 Å². The van der Waals surface area contributed by atoms with Crippen LogP contribution < -0.4 is 11.1 Å². The first-order valence-electron chi connectivity index (χ1n) is 7.55. The van der Waals surface area contributed by atoms with Crippen LogP contribution in [0.15, 0.2) is 18.3 Å². The lowest BCUT2D eigenvalue weighted by Crippen LogP contribution is -2.37. The highest BCUT2D eigenvalue weighted by molar-refractivity contribution is 7.21. The number of nitrogens with one attached hydrogen (secondary N) is 1. The highest BCUT2D eigenvalue weighted by Crippen LogP contribution is 2.35. The van der Waals surface area contributed by atoms with Gasteiger partial charge in [-0.1, -0.05) is 20.3 Å². The van der Waals surface area contributed by atoms with Crippen LogP contribution in [0.3, 0.4) is 0 Å². The van der Waals surface area contributed by atoms with Gasteiger partial charge >= 0.3 is 0 Å². The molecule has 0 radical (unpaired) electrons. The molecule has 1 amide bonds. The molecular formula is C16H21N3OS. The second-order valence-electron chi connectivity index (χ2n) is 5.88. The van der Waals surface area contributed by atoms with Crippen LogP contribution in [0.1, 0.15) is 42.8 Å². The number of nitrogens with zero attached hydrogens (tertiary/aromatic N) is 1. The van der Waals surface area contributed by atoms with Gasteiger partial charge < -0.3 is 11.1 Å². The normalized spacial score (nSPS) is 25.3. The van der Waals surface area contributed by atoms with E-state index < -0.39 is 0 Å². The lowest BCUT2D eigenvalue weighted by Gasteiger charge is -2.20. The lowest BCUT2D eigenvalue weighted by molar-refractivity contribution is 0.0931. The molecule has 3 atom stereocenters. The van der Waals surface area contributed by atoms with E-state index in [0.717, 1.165) is 22.6 Å². The molecule has 1 aliphatic rings. The predicted molar refractivity (Wildman–Crippen MR) is 87.5 cm³/mol. The van der Waals surface area contributed by atoms with Crippen molar-refractivity contribution in [3.8, 4) is 0 Å². The highest BCUT2D eigenvalue weighted by Gasteiger charge is 2.33. The molecule has 2 aromatic rings. The minimum absolute atomic E-state index is 0.0518. The molecule has 3 rings (SSSR count). The molecule has 0 aliphatic heterocycles. The van der Waals surface area contributed by atoms with Crippen molar-refractivity contribution in [2.75, 3.05) is 5.73 Å². The van der Waals surface area contributed by atoms with Crippen LogP contribution in [-0.2, 0) is 0 Å². The zero-order valence-electron chi connectivity index (χ0n) is 12.4. The Morgan fingerprint density at radius 3 is 3.00 bits per heavy atom. The van der Waals surface area contributed by atoms with Crippen molar-refractivity contribution in [2.45, 2.75) is 39.2 Å². The summed E-state index contributed by atoms with van der Waals surface area (Å²) in [4.78, 5) is 17.4. The Morgan fingerprint density at radius 2 is 2.33 bits per heavy atom. The summed E-state index contributed by atoms with van der Waals surface area (Å²) >= 11 is 1.42. The second kappa shape index (κ2) is 5.64. The van der Waals surface area contributed by atoms with Crippen LogP contribution in [0.5, 0.6) is 0 Å². The Labute approximate surface area is 128 Å². The van der Waals surface area contributed by atoms with Crippen molar-refractivity contribution in [3.05, 3.63) is 23.2 Å². The number of thiophene rings is 1. The summed E-state index contributed by atoms with van der Waals surface area (Å²) in [5, 5.41) is 3.17. The van der Waals surface area contributed by atoms with Gasteiger partial charge in [-0.3, -0.25) is 9.78 Å². The molecule has 2 aromatic heterocycles. The minimum atomic E-state index is -0.0518. The minimum Gasteiger partial charge on any atom is -0.396 e. The maximum absolute atomic E-state index is 12.5. The number of amides is 1. The van der Waals surface area contributed by atoms with E-state index in [0.29, 0.717) is 16.5 Å². The van der Waals surface area contributed by atoms with Crippen LogP contribution >= 0.6 is 11.3 Å². The van der Waals surface area contributed by atoms with Gasteiger partial charge in [-0.05, 0) is 36.8 Å². The smallest absolute Gasteiger partial charge is 0.263 e. The number of carbonyl (C=O) groups excluding carboxylic acids is 1. The summed E-state index contributed by atoms with van der Waals surface area (Å²) < 4.78 is 0.964. The van der Waals surface area contributed by atoms with Crippen LogP contribution in [0.25, 0.3) is 10.2 Å². The van der Waals surface area contributed by atoms with E-state index in [-0.39, 0.29) is 11.9 Å². The van der Waals surface area contributed by atoms with Gasteiger partial charge in [-0.15, -0.1) is 11.3 Å². The molecule has 5 heteroatoms. The maximum atomic E-state index is 12.5. The summed E-state index contributed by atoms with van der Waals surface area (Å²) in [7, 11) is 0. The first kappa shape index (κ1) is 14.3. The topological polar surface area (TPSA) is 68.0 Å². The van der Waals surface area contributed by atoms with E-state index in [2.05, 4.69) is 24.1 Å². The SMILES string of the molecule is CCC1CCC(NC(=O)c2sc3cccnc3c2N)C1C. The van der Waals surface area contributed by atoms with Crippen molar-refractivity contribution in [2.24, 2.45) is 11.8 Å². The molecule has 21 heavy (non-hydrogen) atoms. The fraction of sp³-hybridized carbons (Fsp3) is 0.500. The van der Waals surface area contributed by atoms with Gasteiger partial charge in [0.1, 0.15) is 10.4 Å². The van der Waals surface area contributed by atoms with Gasteiger partial charge in [0.15, 0.2) is 0 Å². The molecule has 0 spiro atoms. The molecular weight excluding hydrogens is 282 g/mol. The summed E-state index contributed by atoms with van der Waals surface area (Å²) in [6.07, 6.45) is 5.15. The average molecular weight is 303 g/mol. The highest BCUT2D eigenvalue weighted by atomic mass is 32.1. The zero-order chi connectivity index (χ0) is 15.0. The van der Waals surface area contributed by atoms with Gasteiger partial charge in [0.2, 0.25) is 0 Å². The van der Waals surface area contributed by atoms with Gasteiger partial charge in [0.25, 0.3) is 5.91 Å². The van der Waals surface area contributed by atoms with Crippen molar-refractivity contribution in [1.82, 2.24) is 10.3 Å². The third-order valence-corrected chi connectivity index (χ3v) is 5.92. The molecule has 0 aromatic carbocycles. The van der Waals surface area contributed by atoms with Crippen molar-refractivity contribution < 1.29 is 4.79 Å². The van der Waals surface area contributed by atoms with Crippen molar-refractivity contribution >= 4 is 33.1 Å². The third kappa shape index (κ3) is 2.50. The number of fused-ring (bicyclic) bond motifs is 1. The fourth-order valence-corrected chi connectivity index (χ4v) is 4.36. The summed E-state index contributed by atoms with van der Waals surface area (Å²) in [5.41, 5.74) is 7.33. The number of hydrogen-bond donors (Lipinski definition) is 2. The second-order valence-corrected chi connectivity index (χ2v) is 6.93. The lowest BCUT2D eigenvalue weighted by atomic mass is 9.93. The van der Waals surface area contributed by atoms with E-state index in [4.69, 9.17) is 5.73 Å². The van der Waals surface area contributed by atoms with E-state index >= 15 is 0 Å². The first-order valence-corrected chi connectivity index (χ1v) is 8.37. The number of rotatable bonds is 3. The molecule has 0 bridgehead atoms. The summed E-state index contributed by atoms with van der Waals surface area (Å²) in [6.45, 7) is 4.46. The van der Waals surface area contributed by atoms with Crippen molar-refractivity contribution in [3.63, 3.8) is 0 Å². The quantitative estimate of drug-likeness (QED) is 0.912. The van der Waals surface area contributed by atoms with Gasteiger partial charge in [0.05, 0.1) is 10.4 Å². The van der Waals surface area contributed by atoms with Crippen molar-refractivity contribution in [1.29, 1.82) is 0 Å². The van der Waals surface area contributed by atoms with Gasteiger partial charge in [-0.2, -0.15) is 0 Å². The number of aromatic nitrogens is 1. The third-order valence-electron chi connectivity index (χ3n) is 4.76. The molecule has 0 saturated heterocycles. The molecule has 112 valence electrons. The van der Waals surface area contributed by atoms with E-state index in [1.165, 1.54) is 24.2 Å². The summed E-state index contributed by atoms with van der Waals surface area (Å²) in [5.74, 6) is 1.20. The largest absolute Gasteiger partial charge is 0.396 e. The average Bonchev–Trinajstić information content (AvgIpc) is 3.01. The predicted octanol–water partition coefficient (Wildman–Crippen LogP) is 3.43. The number of nitrogens with two attached hydrogens (primary N) is 1. The molecule has 4 nitrogen and oxygen atoms in total. The molecule has 2 heterocycles. The Balaban J connectivity index is 1.80. The molecule has 1 saturated carbocycles. The van der Waals surface area contributed by atoms with E-state index in [9.17, 15) is 4.79 Å². The molecule has 1 aliphatic carbocycles. The monoisotopic (exact) mass is 303 g/mol. The van der Waals surface area contributed by atoms with Crippen LogP contribution in [0.4, 0.5) is 5.69 Å². The number of pyridine rings is 1. The zero-order valence-corrected chi connectivity index (χ0v) is 13.2.